The van der Waals surface area contributed by atoms with Crippen molar-refractivity contribution in [2.75, 3.05) is 0 Å². The van der Waals surface area contributed by atoms with Crippen molar-refractivity contribution in [1.29, 1.82) is 0 Å². The fourth-order valence-corrected chi connectivity index (χ4v) is 1.95. The SMILES string of the molecule is O=c1c2ccccc2nnn1-c1cccc(Cl)c1. The molecule has 1 aromatic heterocycles. The molecule has 5 heteroatoms. The molecule has 0 N–H and O–H groups in total. The number of nitrogens with zero attached hydrogens (tertiary/aromatic N) is 3. The molecule has 0 bridgehead atoms. The Bertz CT molecular complexity index is 782. The van der Waals surface area contributed by atoms with Crippen molar-refractivity contribution in [3.8, 4) is 5.69 Å². The minimum atomic E-state index is -0.206. The Morgan fingerprint density at radius 2 is 1.89 bits per heavy atom. The summed E-state index contributed by atoms with van der Waals surface area (Å²) in [7, 11) is 0. The summed E-state index contributed by atoms with van der Waals surface area (Å²) in [6.07, 6.45) is 0. The van der Waals surface area contributed by atoms with Gasteiger partial charge in [0.25, 0.3) is 5.56 Å². The van der Waals surface area contributed by atoms with Crippen LogP contribution in [0.1, 0.15) is 0 Å². The molecule has 0 saturated carbocycles. The summed E-state index contributed by atoms with van der Waals surface area (Å²) in [4.78, 5) is 12.3. The van der Waals surface area contributed by atoms with E-state index in [1.165, 1.54) is 4.68 Å². The van der Waals surface area contributed by atoms with Crippen LogP contribution in [-0.2, 0) is 0 Å². The Hall–Kier alpha value is -2.20. The van der Waals surface area contributed by atoms with E-state index in [1.807, 2.05) is 6.07 Å². The summed E-state index contributed by atoms with van der Waals surface area (Å²) in [6, 6.07) is 14.0. The second kappa shape index (κ2) is 4.23. The largest absolute Gasteiger partial charge is 0.282 e. The van der Waals surface area contributed by atoms with Gasteiger partial charge in [0, 0.05) is 5.02 Å². The van der Waals surface area contributed by atoms with Gasteiger partial charge in [-0.05, 0) is 30.3 Å². The number of benzene rings is 2. The van der Waals surface area contributed by atoms with Crippen LogP contribution in [0.25, 0.3) is 16.6 Å². The lowest BCUT2D eigenvalue weighted by molar-refractivity contribution is 0.738. The fraction of sp³-hybridized carbons (Fsp3) is 0. The molecule has 0 saturated heterocycles. The minimum Gasteiger partial charge on any atom is -0.267 e. The number of hydrogen-bond acceptors (Lipinski definition) is 3. The Morgan fingerprint density at radius 3 is 2.72 bits per heavy atom. The minimum absolute atomic E-state index is 0.206. The van der Waals surface area contributed by atoms with E-state index >= 15 is 0 Å². The van der Waals surface area contributed by atoms with Crippen molar-refractivity contribution in [3.05, 3.63) is 63.9 Å². The van der Waals surface area contributed by atoms with Gasteiger partial charge < -0.3 is 0 Å². The number of aromatic nitrogens is 3. The highest BCUT2D eigenvalue weighted by molar-refractivity contribution is 6.30. The number of fused-ring (bicyclic) bond motifs is 1. The third-order valence-electron chi connectivity index (χ3n) is 2.62. The molecular formula is C13H8ClN3O. The molecule has 2 aromatic carbocycles. The highest BCUT2D eigenvalue weighted by atomic mass is 35.5. The average Bonchev–Trinajstić information content (AvgIpc) is 2.39. The van der Waals surface area contributed by atoms with Crippen LogP contribution in [0.2, 0.25) is 5.02 Å². The normalized spacial score (nSPS) is 10.7. The second-order valence-corrected chi connectivity index (χ2v) is 4.24. The van der Waals surface area contributed by atoms with Crippen LogP contribution in [0.5, 0.6) is 0 Å². The Morgan fingerprint density at radius 1 is 1.06 bits per heavy atom. The van der Waals surface area contributed by atoms with E-state index in [-0.39, 0.29) is 5.56 Å². The monoisotopic (exact) mass is 257 g/mol. The molecule has 3 rings (SSSR count). The first-order chi connectivity index (χ1) is 8.75. The third-order valence-corrected chi connectivity index (χ3v) is 2.86. The van der Waals surface area contributed by atoms with E-state index in [2.05, 4.69) is 10.3 Å². The Kier molecular flexibility index (Phi) is 2.57. The van der Waals surface area contributed by atoms with Gasteiger partial charge in [-0.2, -0.15) is 4.68 Å². The molecule has 0 unspecified atom stereocenters. The molecule has 1 heterocycles. The van der Waals surface area contributed by atoms with E-state index in [0.717, 1.165) is 0 Å². The van der Waals surface area contributed by atoms with Crippen molar-refractivity contribution in [3.63, 3.8) is 0 Å². The van der Waals surface area contributed by atoms with Crippen LogP contribution in [-0.4, -0.2) is 15.0 Å². The molecule has 0 atom stereocenters. The molecule has 0 fully saturated rings. The van der Waals surface area contributed by atoms with E-state index in [9.17, 15) is 4.79 Å². The van der Waals surface area contributed by atoms with Gasteiger partial charge in [0.05, 0.1) is 11.1 Å². The Labute approximate surface area is 107 Å². The lowest BCUT2D eigenvalue weighted by atomic mass is 10.2. The molecule has 0 spiro atoms. The standard InChI is InChI=1S/C13H8ClN3O/c14-9-4-3-5-10(8-9)17-13(18)11-6-1-2-7-12(11)15-16-17/h1-8H. The number of halogens is 1. The van der Waals surface area contributed by atoms with E-state index in [0.29, 0.717) is 21.6 Å². The molecular weight excluding hydrogens is 250 g/mol. The lowest BCUT2D eigenvalue weighted by Crippen LogP contribution is -2.22. The lowest BCUT2D eigenvalue weighted by Gasteiger charge is -2.04. The van der Waals surface area contributed by atoms with Crippen molar-refractivity contribution < 1.29 is 0 Å². The van der Waals surface area contributed by atoms with Gasteiger partial charge in [-0.25, -0.2) is 0 Å². The maximum absolute atomic E-state index is 12.3. The van der Waals surface area contributed by atoms with Crippen molar-refractivity contribution in [1.82, 2.24) is 15.0 Å². The first kappa shape index (κ1) is 10.9. The molecule has 0 amide bonds. The molecule has 0 aliphatic heterocycles. The topological polar surface area (TPSA) is 47.8 Å². The maximum Gasteiger partial charge on any atom is 0.282 e. The molecule has 88 valence electrons. The fourth-order valence-electron chi connectivity index (χ4n) is 1.77. The highest BCUT2D eigenvalue weighted by Crippen LogP contribution is 2.13. The van der Waals surface area contributed by atoms with Gasteiger partial charge in [-0.15, -0.1) is 5.10 Å². The number of hydrogen-bond donors (Lipinski definition) is 0. The molecule has 3 aromatic rings. The van der Waals surface area contributed by atoms with Crippen molar-refractivity contribution in [2.24, 2.45) is 0 Å². The smallest absolute Gasteiger partial charge is 0.267 e. The van der Waals surface area contributed by atoms with Crippen LogP contribution in [0, 0.1) is 0 Å². The van der Waals surface area contributed by atoms with Crippen molar-refractivity contribution in [2.45, 2.75) is 0 Å². The summed E-state index contributed by atoms with van der Waals surface area (Å²) < 4.78 is 1.24. The first-order valence-corrected chi connectivity index (χ1v) is 5.74. The van der Waals surface area contributed by atoms with Crippen LogP contribution in [0.4, 0.5) is 0 Å². The zero-order valence-corrected chi connectivity index (χ0v) is 10.0. The van der Waals surface area contributed by atoms with Gasteiger partial charge in [-0.3, -0.25) is 4.79 Å². The van der Waals surface area contributed by atoms with E-state index in [1.54, 1.807) is 42.5 Å². The molecule has 0 aliphatic rings. The predicted octanol–water partition coefficient (Wildman–Crippen LogP) is 2.43. The van der Waals surface area contributed by atoms with Gasteiger partial charge in [-0.1, -0.05) is 35.0 Å². The predicted molar refractivity (Wildman–Crippen MR) is 70.1 cm³/mol. The van der Waals surface area contributed by atoms with E-state index < -0.39 is 0 Å². The average molecular weight is 258 g/mol. The van der Waals surface area contributed by atoms with E-state index in [4.69, 9.17) is 11.6 Å². The van der Waals surface area contributed by atoms with Crippen LogP contribution in [0.15, 0.2) is 53.3 Å². The molecule has 0 aliphatic carbocycles. The zero-order chi connectivity index (χ0) is 12.5. The van der Waals surface area contributed by atoms with Crippen LogP contribution in [0.3, 0.4) is 0 Å². The second-order valence-electron chi connectivity index (χ2n) is 3.80. The maximum atomic E-state index is 12.3. The van der Waals surface area contributed by atoms with Gasteiger partial charge >= 0.3 is 0 Å². The molecule has 18 heavy (non-hydrogen) atoms. The van der Waals surface area contributed by atoms with Crippen LogP contribution >= 0.6 is 11.6 Å². The summed E-state index contributed by atoms with van der Waals surface area (Å²) in [5.41, 5.74) is 0.981. The summed E-state index contributed by atoms with van der Waals surface area (Å²) in [5, 5.41) is 9.02. The Balaban J connectivity index is 2.31. The first-order valence-electron chi connectivity index (χ1n) is 5.36. The summed E-state index contributed by atoms with van der Waals surface area (Å²) in [6.45, 7) is 0. The quantitative estimate of drug-likeness (QED) is 0.673. The van der Waals surface area contributed by atoms with Gasteiger partial charge in [0.2, 0.25) is 0 Å². The molecule has 0 radical (unpaired) electrons. The highest BCUT2D eigenvalue weighted by Gasteiger charge is 2.06. The van der Waals surface area contributed by atoms with Gasteiger partial charge in [0.1, 0.15) is 5.52 Å². The third kappa shape index (κ3) is 1.76. The van der Waals surface area contributed by atoms with Crippen LogP contribution < -0.4 is 5.56 Å². The van der Waals surface area contributed by atoms with Gasteiger partial charge in [0.15, 0.2) is 0 Å². The summed E-state index contributed by atoms with van der Waals surface area (Å²) >= 11 is 5.90. The number of rotatable bonds is 1. The van der Waals surface area contributed by atoms with Crippen molar-refractivity contribution >= 4 is 22.5 Å². The zero-order valence-electron chi connectivity index (χ0n) is 9.25. The molecule has 4 nitrogen and oxygen atoms in total. The summed E-state index contributed by atoms with van der Waals surface area (Å²) in [5.74, 6) is 0.